The van der Waals surface area contributed by atoms with E-state index in [9.17, 15) is 10.4 Å². The van der Waals surface area contributed by atoms with E-state index in [1.807, 2.05) is 84.9 Å². The molecule has 3 aromatic rings. The molecule has 0 atom stereocenters. The Hall–Kier alpha value is -2.50. The smallest absolute Gasteiger partial charge is 0.0492 e. The third-order valence-electron chi connectivity index (χ3n) is 4.17. The van der Waals surface area contributed by atoms with E-state index in [4.69, 9.17) is 0 Å². The third kappa shape index (κ3) is 5.79. The van der Waals surface area contributed by atoms with Gasteiger partial charge in [-0.25, -0.2) is 0 Å². The van der Waals surface area contributed by atoms with E-state index in [0.29, 0.717) is 26.2 Å². The Balaban J connectivity index is 1.50. The van der Waals surface area contributed by atoms with Crippen molar-refractivity contribution in [3.8, 4) is 0 Å². The second-order valence-electron chi connectivity index (χ2n) is 6.43. The molecule has 0 radical (unpaired) electrons. The molecule has 4 heteroatoms. The van der Waals surface area contributed by atoms with Crippen molar-refractivity contribution in [3.63, 3.8) is 0 Å². The Morgan fingerprint density at radius 2 is 0.692 bits per heavy atom. The summed E-state index contributed by atoms with van der Waals surface area (Å²) >= 11 is 0. The van der Waals surface area contributed by atoms with Crippen LogP contribution in [0.3, 0.4) is 0 Å². The Bertz CT molecular complexity index is 708. The molecule has 0 fully saturated rings. The quantitative estimate of drug-likeness (QED) is 0.590. The van der Waals surface area contributed by atoms with Crippen molar-refractivity contribution in [1.82, 2.24) is 10.1 Å². The van der Waals surface area contributed by atoms with Crippen LogP contribution in [-0.4, -0.2) is 20.5 Å². The van der Waals surface area contributed by atoms with E-state index in [0.717, 1.165) is 22.3 Å². The van der Waals surface area contributed by atoms with Gasteiger partial charge in [-0.1, -0.05) is 84.9 Å². The predicted octanol–water partition coefficient (Wildman–Crippen LogP) is 4.47. The molecule has 4 nitrogen and oxygen atoms in total. The van der Waals surface area contributed by atoms with Crippen molar-refractivity contribution in [1.29, 1.82) is 0 Å². The molecule has 0 aliphatic rings. The van der Waals surface area contributed by atoms with E-state index in [-0.39, 0.29) is 0 Å². The van der Waals surface area contributed by atoms with Crippen molar-refractivity contribution in [2.45, 2.75) is 26.2 Å². The first-order valence-corrected chi connectivity index (χ1v) is 8.72. The molecule has 3 rings (SSSR count). The SMILES string of the molecule is ON(Cc1ccccc1)Cc1ccc(CN(O)Cc2ccccc2)cc1. The molecule has 0 amide bonds. The summed E-state index contributed by atoms with van der Waals surface area (Å²) in [4.78, 5) is 0. The summed E-state index contributed by atoms with van der Waals surface area (Å²) in [6.45, 7) is 1.90. The number of hydroxylamine groups is 4. The highest BCUT2D eigenvalue weighted by atomic mass is 16.5. The molecular weight excluding hydrogens is 324 g/mol. The Kier molecular flexibility index (Phi) is 6.52. The number of hydrogen-bond donors (Lipinski definition) is 2. The van der Waals surface area contributed by atoms with Crippen molar-refractivity contribution in [2.75, 3.05) is 0 Å². The summed E-state index contributed by atoms with van der Waals surface area (Å²) in [6, 6.07) is 27.7. The molecule has 0 aromatic heterocycles. The van der Waals surface area contributed by atoms with Gasteiger partial charge in [-0.3, -0.25) is 0 Å². The van der Waals surface area contributed by atoms with Crippen LogP contribution in [0.15, 0.2) is 84.9 Å². The van der Waals surface area contributed by atoms with E-state index in [1.54, 1.807) is 0 Å². The topological polar surface area (TPSA) is 46.9 Å². The van der Waals surface area contributed by atoms with Crippen LogP contribution in [0.4, 0.5) is 0 Å². The lowest BCUT2D eigenvalue weighted by molar-refractivity contribution is -0.109. The zero-order valence-electron chi connectivity index (χ0n) is 14.7. The molecule has 0 aliphatic carbocycles. The van der Waals surface area contributed by atoms with E-state index < -0.39 is 0 Å². The fourth-order valence-corrected chi connectivity index (χ4v) is 2.87. The van der Waals surface area contributed by atoms with Crippen molar-refractivity contribution in [2.24, 2.45) is 0 Å². The van der Waals surface area contributed by atoms with Crippen molar-refractivity contribution < 1.29 is 10.4 Å². The Labute approximate surface area is 154 Å². The van der Waals surface area contributed by atoms with Gasteiger partial charge in [0.05, 0.1) is 0 Å². The highest BCUT2D eigenvalue weighted by Crippen LogP contribution is 2.12. The molecule has 0 heterocycles. The lowest BCUT2D eigenvalue weighted by Crippen LogP contribution is -2.19. The van der Waals surface area contributed by atoms with Crippen LogP contribution in [0.25, 0.3) is 0 Å². The van der Waals surface area contributed by atoms with Gasteiger partial charge in [-0.2, -0.15) is 10.1 Å². The Morgan fingerprint density at radius 1 is 0.423 bits per heavy atom. The van der Waals surface area contributed by atoms with Gasteiger partial charge in [0.25, 0.3) is 0 Å². The summed E-state index contributed by atoms with van der Waals surface area (Å²) in [5.74, 6) is 0. The van der Waals surface area contributed by atoms with Gasteiger partial charge < -0.3 is 10.4 Å². The molecule has 134 valence electrons. The average molecular weight is 348 g/mol. The van der Waals surface area contributed by atoms with Gasteiger partial charge in [0, 0.05) is 26.2 Å². The van der Waals surface area contributed by atoms with Gasteiger partial charge in [0.15, 0.2) is 0 Å². The van der Waals surface area contributed by atoms with Gasteiger partial charge in [-0.05, 0) is 22.3 Å². The average Bonchev–Trinajstić information content (AvgIpc) is 2.65. The molecule has 0 saturated carbocycles. The first-order chi connectivity index (χ1) is 12.7. The minimum absolute atomic E-state index is 0.460. The van der Waals surface area contributed by atoms with Crippen LogP contribution in [0.1, 0.15) is 22.3 Å². The van der Waals surface area contributed by atoms with E-state index in [1.165, 1.54) is 10.1 Å². The minimum Gasteiger partial charge on any atom is -0.313 e. The number of rotatable bonds is 8. The number of nitrogens with zero attached hydrogens (tertiary/aromatic N) is 2. The maximum absolute atomic E-state index is 10.1. The number of hydrogen-bond acceptors (Lipinski definition) is 4. The van der Waals surface area contributed by atoms with Crippen LogP contribution < -0.4 is 0 Å². The zero-order valence-corrected chi connectivity index (χ0v) is 14.7. The van der Waals surface area contributed by atoms with Crippen molar-refractivity contribution >= 4 is 0 Å². The predicted molar refractivity (Wildman–Crippen MR) is 101 cm³/mol. The molecule has 0 unspecified atom stereocenters. The number of benzene rings is 3. The fourth-order valence-electron chi connectivity index (χ4n) is 2.87. The second kappa shape index (κ2) is 9.27. The van der Waals surface area contributed by atoms with Crippen LogP contribution in [0, 0.1) is 0 Å². The van der Waals surface area contributed by atoms with Gasteiger partial charge in [-0.15, -0.1) is 0 Å². The maximum Gasteiger partial charge on any atom is 0.0492 e. The first-order valence-electron chi connectivity index (χ1n) is 8.72. The Morgan fingerprint density at radius 3 is 1.00 bits per heavy atom. The van der Waals surface area contributed by atoms with Gasteiger partial charge in [0.2, 0.25) is 0 Å². The maximum atomic E-state index is 10.1. The standard InChI is InChI=1S/C22H24N2O2/c25-23(15-19-7-3-1-4-8-19)17-21-11-13-22(14-12-21)18-24(26)16-20-9-5-2-6-10-20/h1-14,25-26H,15-18H2. The third-order valence-corrected chi connectivity index (χ3v) is 4.17. The molecule has 0 bridgehead atoms. The van der Waals surface area contributed by atoms with E-state index >= 15 is 0 Å². The largest absolute Gasteiger partial charge is 0.313 e. The molecule has 2 N–H and O–H groups in total. The summed E-state index contributed by atoms with van der Waals surface area (Å²) in [5.41, 5.74) is 4.20. The molecule has 26 heavy (non-hydrogen) atoms. The van der Waals surface area contributed by atoms with Crippen LogP contribution in [0.5, 0.6) is 0 Å². The molecule has 0 spiro atoms. The van der Waals surface area contributed by atoms with Gasteiger partial charge >= 0.3 is 0 Å². The fraction of sp³-hybridized carbons (Fsp3) is 0.182. The van der Waals surface area contributed by atoms with Crippen molar-refractivity contribution in [3.05, 3.63) is 107 Å². The highest BCUT2D eigenvalue weighted by Gasteiger charge is 2.06. The second-order valence-corrected chi connectivity index (χ2v) is 6.43. The summed E-state index contributed by atoms with van der Waals surface area (Å²) in [6.07, 6.45) is 0. The zero-order chi connectivity index (χ0) is 18.2. The normalized spacial score (nSPS) is 11.2. The molecule has 3 aromatic carbocycles. The lowest BCUT2D eigenvalue weighted by Gasteiger charge is -2.17. The van der Waals surface area contributed by atoms with Crippen LogP contribution in [0.2, 0.25) is 0 Å². The van der Waals surface area contributed by atoms with Crippen LogP contribution in [-0.2, 0) is 26.2 Å². The monoisotopic (exact) mass is 348 g/mol. The minimum atomic E-state index is 0.460. The summed E-state index contributed by atoms with van der Waals surface area (Å²) in [7, 11) is 0. The molecular formula is C22H24N2O2. The molecule has 0 saturated heterocycles. The van der Waals surface area contributed by atoms with Gasteiger partial charge in [0.1, 0.15) is 0 Å². The van der Waals surface area contributed by atoms with Crippen LogP contribution >= 0.6 is 0 Å². The lowest BCUT2D eigenvalue weighted by atomic mass is 10.1. The summed E-state index contributed by atoms with van der Waals surface area (Å²) < 4.78 is 0. The highest BCUT2D eigenvalue weighted by molar-refractivity contribution is 5.23. The van der Waals surface area contributed by atoms with E-state index in [2.05, 4.69) is 0 Å². The summed E-state index contributed by atoms with van der Waals surface area (Å²) in [5, 5.41) is 22.8. The molecule has 0 aliphatic heterocycles. The first kappa shape index (κ1) is 18.3.